The molecule has 64 valence electrons. The van der Waals surface area contributed by atoms with Crippen LogP contribution in [0.5, 0.6) is 0 Å². The zero-order chi connectivity index (χ0) is 7.68. The standard InChI is InChI=1S/C9H9NO.BrH/c1-2-9-10-7-5-3-4-6-8(7)11-9;/h3-6H,2H2,1H3;1H. The number of oxazole rings is 1. The Morgan fingerprint density at radius 3 is 2.75 bits per heavy atom. The summed E-state index contributed by atoms with van der Waals surface area (Å²) in [5, 5.41) is 0. The van der Waals surface area contributed by atoms with E-state index in [1.165, 1.54) is 0 Å². The Morgan fingerprint density at radius 2 is 2.08 bits per heavy atom. The topological polar surface area (TPSA) is 26.0 Å². The number of aromatic nitrogens is 1. The number of para-hydroxylation sites is 2. The molecule has 2 aromatic rings. The van der Waals surface area contributed by atoms with E-state index in [0.717, 1.165) is 23.4 Å². The van der Waals surface area contributed by atoms with Crippen molar-refractivity contribution in [2.75, 3.05) is 0 Å². The van der Waals surface area contributed by atoms with Crippen molar-refractivity contribution in [3.63, 3.8) is 0 Å². The number of hydrogen-bond donors (Lipinski definition) is 0. The van der Waals surface area contributed by atoms with Crippen molar-refractivity contribution < 1.29 is 4.42 Å². The fraction of sp³-hybridized carbons (Fsp3) is 0.222. The van der Waals surface area contributed by atoms with Crippen molar-refractivity contribution in [2.45, 2.75) is 13.3 Å². The van der Waals surface area contributed by atoms with Crippen LogP contribution < -0.4 is 0 Å². The van der Waals surface area contributed by atoms with Gasteiger partial charge in [-0.25, -0.2) is 4.98 Å². The number of benzene rings is 1. The van der Waals surface area contributed by atoms with E-state index >= 15 is 0 Å². The molecule has 0 fully saturated rings. The van der Waals surface area contributed by atoms with Gasteiger partial charge in [0.05, 0.1) is 0 Å². The molecule has 2 rings (SSSR count). The highest BCUT2D eigenvalue weighted by atomic mass is 79.9. The van der Waals surface area contributed by atoms with E-state index in [1.54, 1.807) is 0 Å². The maximum absolute atomic E-state index is 5.41. The fourth-order valence-corrected chi connectivity index (χ4v) is 1.07. The summed E-state index contributed by atoms with van der Waals surface area (Å²) in [6.45, 7) is 2.03. The minimum atomic E-state index is 0. The first kappa shape index (κ1) is 9.26. The summed E-state index contributed by atoms with van der Waals surface area (Å²) < 4.78 is 5.41. The summed E-state index contributed by atoms with van der Waals surface area (Å²) in [6, 6.07) is 7.80. The summed E-state index contributed by atoms with van der Waals surface area (Å²) >= 11 is 0. The van der Waals surface area contributed by atoms with Gasteiger partial charge in [0.1, 0.15) is 5.52 Å². The van der Waals surface area contributed by atoms with E-state index in [1.807, 2.05) is 31.2 Å². The molecule has 2 nitrogen and oxygen atoms in total. The van der Waals surface area contributed by atoms with Gasteiger partial charge in [-0.15, -0.1) is 17.0 Å². The third kappa shape index (κ3) is 1.50. The molecule has 0 aliphatic heterocycles. The number of nitrogens with zero attached hydrogens (tertiary/aromatic N) is 1. The van der Waals surface area contributed by atoms with Crippen molar-refractivity contribution in [2.24, 2.45) is 0 Å². The SMILES string of the molecule is Br.CCc1nc2ccccc2o1. The molecule has 0 aliphatic carbocycles. The van der Waals surface area contributed by atoms with Gasteiger partial charge in [0.15, 0.2) is 11.5 Å². The zero-order valence-corrected chi connectivity index (χ0v) is 8.49. The van der Waals surface area contributed by atoms with Gasteiger partial charge in [-0.1, -0.05) is 19.1 Å². The average molecular weight is 228 g/mol. The highest BCUT2D eigenvalue weighted by Crippen LogP contribution is 2.14. The first-order chi connectivity index (χ1) is 5.40. The highest BCUT2D eigenvalue weighted by molar-refractivity contribution is 8.93. The minimum absolute atomic E-state index is 0. The second-order valence-electron chi connectivity index (χ2n) is 2.43. The van der Waals surface area contributed by atoms with Crippen molar-refractivity contribution in [3.8, 4) is 0 Å². The van der Waals surface area contributed by atoms with Crippen molar-refractivity contribution in [3.05, 3.63) is 30.2 Å². The van der Waals surface area contributed by atoms with Crippen molar-refractivity contribution >= 4 is 28.1 Å². The number of fused-ring (bicyclic) bond motifs is 1. The van der Waals surface area contributed by atoms with Gasteiger partial charge in [-0.3, -0.25) is 0 Å². The lowest BCUT2D eigenvalue weighted by atomic mass is 10.3. The summed E-state index contributed by atoms with van der Waals surface area (Å²) in [5.74, 6) is 0.811. The molecule has 1 aromatic carbocycles. The maximum Gasteiger partial charge on any atom is 0.195 e. The van der Waals surface area contributed by atoms with Crippen LogP contribution >= 0.6 is 17.0 Å². The number of aryl methyl sites for hydroxylation is 1. The van der Waals surface area contributed by atoms with Gasteiger partial charge in [0.25, 0.3) is 0 Å². The second-order valence-corrected chi connectivity index (χ2v) is 2.43. The van der Waals surface area contributed by atoms with Crippen molar-refractivity contribution in [1.82, 2.24) is 4.98 Å². The predicted molar refractivity (Wildman–Crippen MR) is 53.7 cm³/mol. The smallest absolute Gasteiger partial charge is 0.195 e. The zero-order valence-electron chi connectivity index (χ0n) is 6.78. The lowest BCUT2D eigenvalue weighted by molar-refractivity contribution is 0.538. The quantitative estimate of drug-likeness (QED) is 0.749. The molecule has 0 atom stereocenters. The van der Waals surface area contributed by atoms with Crippen LogP contribution in [-0.4, -0.2) is 4.98 Å². The van der Waals surface area contributed by atoms with E-state index < -0.39 is 0 Å². The second kappa shape index (κ2) is 3.72. The van der Waals surface area contributed by atoms with Crippen LogP contribution in [0.15, 0.2) is 28.7 Å². The summed E-state index contributed by atoms with van der Waals surface area (Å²) in [4.78, 5) is 4.26. The summed E-state index contributed by atoms with van der Waals surface area (Å²) in [5.41, 5.74) is 1.83. The van der Waals surface area contributed by atoms with Gasteiger partial charge in [0, 0.05) is 6.42 Å². The van der Waals surface area contributed by atoms with E-state index in [-0.39, 0.29) is 17.0 Å². The minimum Gasteiger partial charge on any atom is -0.441 e. The first-order valence-corrected chi connectivity index (χ1v) is 3.74. The Labute approximate surface area is 81.4 Å². The Bertz CT molecular complexity index is 336. The number of hydrogen-bond acceptors (Lipinski definition) is 2. The van der Waals surface area contributed by atoms with Crippen LogP contribution in [-0.2, 0) is 6.42 Å². The first-order valence-electron chi connectivity index (χ1n) is 3.74. The molecule has 0 saturated heterocycles. The molecule has 0 N–H and O–H groups in total. The monoisotopic (exact) mass is 227 g/mol. The van der Waals surface area contributed by atoms with E-state index in [4.69, 9.17) is 4.42 Å². The molecule has 1 aromatic heterocycles. The van der Waals surface area contributed by atoms with Gasteiger partial charge in [-0.05, 0) is 12.1 Å². The molecular weight excluding hydrogens is 218 g/mol. The molecule has 12 heavy (non-hydrogen) atoms. The summed E-state index contributed by atoms with van der Waals surface area (Å²) in [6.07, 6.45) is 0.856. The van der Waals surface area contributed by atoms with Crippen LogP contribution in [0.3, 0.4) is 0 Å². The third-order valence-electron chi connectivity index (χ3n) is 1.64. The fourth-order valence-electron chi connectivity index (χ4n) is 1.07. The van der Waals surface area contributed by atoms with Crippen LogP contribution in [0, 0.1) is 0 Å². The normalized spacial score (nSPS) is 9.75. The molecule has 0 radical (unpaired) electrons. The maximum atomic E-state index is 5.41. The molecule has 0 unspecified atom stereocenters. The Balaban J connectivity index is 0.000000720. The van der Waals surface area contributed by atoms with Crippen LogP contribution in [0.25, 0.3) is 11.1 Å². The number of rotatable bonds is 1. The Hall–Kier alpha value is -0.830. The Morgan fingerprint density at radius 1 is 1.33 bits per heavy atom. The molecule has 3 heteroatoms. The van der Waals surface area contributed by atoms with Gasteiger partial charge >= 0.3 is 0 Å². The van der Waals surface area contributed by atoms with Gasteiger partial charge in [-0.2, -0.15) is 0 Å². The molecule has 0 saturated carbocycles. The molecule has 0 spiro atoms. The molecule has 1 heterocycles. The average Bonchev–Trinajstić information content (AvgIpc) is 2.46. The van der Waals surface area contributed by atoms with Crippen LogP contribution in [0.4, 0.5) is 0 Å². The summed E-state index contributed by atoms with van der Waals surface area (Å²) in [7, 11) is 0. The van der Waals surface area contributed by atoms with Gasteiger partial charge in [0.2, 0.25) is 0 Å². The highest BCUT2D eigenvalue weighted by Gasteiger charge is 2.00. The largest absolute Gasteiger partial charge is 0.441 e. The van der Waals surface area contributed by atoms with Gasteiger partial charge < -0.3 is 4.42 Å². The lowest BCUT2D eigenvalue weighted by Crippen LogP contribution is -1.74. The molecular formula is C9H10BrNO. The number of halogens is 1. The Kier molecular flexibility index (Phi) is 2.87. The molecule has 0 aliphatic rings. The molecule has 0 amide bonds. The molecule has 0 bridgehead atoms. The van der Waals surface area contributed by atoms with Crippen molar-refractivity contribution in [1.29, 1.82) is 0 Å². The van der Waals surface area contributed by atoms with E-state index in [2.05, 4.69) is 4.98 Å². The third-order valence-corrected chi connectivity index (χ3v) is 1.64. The predicted octanol–water partition coefficient (Wildman–Crippen LogP) is 2.97. The van der Waals surface area contributed by atoms with E-state index in [0.29, 0.717) is 0 Å². The van der Waals surface area contributed by atoms with Crippen LogP contribution in [0.1, 0.15) is 12.8 Å². The lowest BCUT2D eigenvalue weighted by Gasteiger charge is -1.80. The van der Waals surface area contributed by atoms with E-state index in [9.17, 15) is 0 Å². The van der Waals surface area contributed by atoms with Crippen LogP contribution in [0.2, 0.25) is 0 Å².